The number of hydrogen-bond donors (Lipinski definition) is 0. The first kappa shape index (κ1) is 7.98. The van der Waals surface area contributed by atoms with Gasteiger partial charge in [0.2, 0.25) is 0 Å². The van der Waals surface area contributed by atoms with Gasteiger partial charge in [0, 0.05) is 0 Å². The molecule has 0 radical (unpaired) electrons. The first-order valence-corrected chi connectivity index (χ1v) is 4.67. The maximum atomic E-state index is 3.24. The monoisotopic (exact) mass is 247 g/mol. The molecule has 12 heavy (non-hydrogen) atoms. The van der Waals surface area contributed by atoms with E-state index in [1.54, 1.807) is 0 Å². The molecule has 2 rings (SSSR count). The Morgan fingerprint density at radius 2 is 1.75 bits per heavy atom. The van der Waals surface area contributed by atoms with Crippen molar-refractivity contribution in [2.75, 3.05) is 0 Å². The summed E-state index contributed by atoms with van der Waals surface area (Å²) in [7, 11) is 0. The van der Waals surface area contributed by atoms with Crippen molar-refractivity contribution < 1.29 is 19.2 Å². The van der Waals surface area contributed by atoms with E-state index in [-0.39, 0.29) is 0 Å². The van der Waals surface area contributed by atoms with Crippen LogP contribution in [0.3, 0.4) is 0 Å². The molecule has 2 aromatic rings. The molecule has 0 heterocycles. The Labute approximate surface area is 83.0 Å². The van der Waals surface area contributed by atoms with E-state index in [1.807, 2.05) is 0 Å². The Balaban J connectivity index is 2.91. The SMILES string of the molecule is Cc1[c]([Pd])ccc2ccccc12. The molecule has 0 unspecified atom stereocenters. The van der Waals surface area contributed by atoms with Crippen molar-refractivity contribution in [1.82, 2.24) is 0 Å². The Kier molecular flexibility index (Phi) is 2.00. The van der Waals surface area contributed by atoms with Crippen LogP contribution in [0.15, 0.2) is 36.4 Å². The van der Waals surface area contributed by atoms with Crippen molar-refractivity contribution in [3.8, 4) is 0 Å². The Morgan fingerprint density at radius 3 is 2.58 bits per heavy atom. The number of fused-ring (bicyclic) bond motifs is 1. The Morgan fingerprint density at radius 1 is 1.00 bits per heavy atom. The first-order chi connectivity index (χ1) is 5.79. The van der Waals surface area contributed by atoms with E-state index >= 15 is 0 Å². The van der Waals surface area contributed by atoms with Crippen molar-refractivity contribution in [2.45, 2.75) is 6.92 Å². The summed E-state index contributed by atoms with van der Waals surface area (Å²) in [6.45, 7) is 2.14. The van der Waals surface area contributed by atoms with Crippen molar-refractivity contribution in [1.29, 1.82) is 0 Å². The van der Waals surface area contributed by atoms with E-state index in [9.17, 15) is 0 Å². The van der Waals surface area contributed by atoms with Crippen LogP contribution in [-0.4, -0.2) is 0 Å². The van der Waals surface area contributed by atoms with Crippen LogP contribution in [0.25, 0.3) is 10.8 Å². The molecule has 63 valence electrons. The Hall–Kier alpha value is -0.638. The molecule has 0 fully saturated rings. The van der Waals surface area contributed by atoms with Gasteiger partial charge in [0.1, 0.15) is 0 Å². The van der Waals surface area contributed by atoms with Gasteiger partial charge < -0.3 is 0 Å². The van der Waals surface area contributed by atoms with Gasteiger partial charge in [-0.3, -0.25) is 0 Å². The second-order valence-electron chi connectivity index (χ2n) is 2.86. The van der Waals surface area contributed by atoms with Gasteiger partial charge in [-0.15, -0.1) is 0 Å². The molecule has 0 N–H and O–H groups in total. The minimum atomic E-state index is 1.22. The fourth-order valence-electron chi connectivity index (χ4n) is 1.39. The summed E-state index contributed by atoms with van der Waals surface area (Å²) < 4.78 is 1.22. The second-order valence-corrected chi connectivity index (χ2v) is 3.70. The van der Waals surface area contributed by atoms with Crippen LogP contribution in [0.2, 0.25) is 0 Å². The average Bonchev–Trinajstić information content (AvgIpc) is 2.12. The third-order valence-corrected chi connectivity index (χ3v) is 2.94. The average molecular weight is 248 g/mol. The number of rotatable bonds is 0. The summed E-state index contributed by atoms with van der Waals surface area (Å²) >= 11 is 3.24. The molecule has 0 saturated carbocycles. The van der Waals surface area contributed by atoms with E-state index in [1.165, 1.54) is 20.4 Å². The molecule has 2 aromatic carbocycles. The fraction of sp³-hybridized carbons (Fsp3) is 0.0909. The van der Waals surface area contributed by atoms with Gasteiger partial charge in [0.05, 0.1) is 0 Å². The van der Waals surface area contributed by atoms with Gasteiger partial charge in [0.15, 0.2) is 0 Å². The summed E-state index contributed by atoms with van der Waals surface area (Å²) in [5.74, 6) is 0. The molecule has 0 saturated heterocycles. The molecule has 0 aliphatic rings. The van der Waals surface area contributed by atoms with Gasteiger partial charge in [-0.2, -0.15) is 0 Å². The molecule has 0 amide bonds. The van der Waals surface area contributed by atoms with Crippen molar-refractivity contribution in [3.05, 3.63) is 42.0 Å². The van der Waals surface area contributed by atoms with Crippen LogP contribution in [0, 0.1) is 6.92 Å². The van der Waals surface area contributed by atoms with Gasteiger partial charge in [-0.25, -0.2) is 0 Å². The topological polar surface area (TPSA) is 0 Å². The first-order valence-electron chi connectivity index (χ1n) is 3.90. The summed E-state index contributed by atoms with van der Waals surface area (Å²) in [6.07, 6.45) is 0. The summed E-state index contributed by atoms with van der Waals surface area (Å²) in [4.78, 5) is 0. The molecule has 0 atom stereocenters. The van der Waals surface area contributed by atoms with E-state index in [4.69, 9.17) is 0 Å². The minimum absolute atomic E-state index is 1.22. The van der Waals surface area contributed by atoms with Crippen LogP contribution in [-0.2, 0) is 19.2 Å². The van der Waals surface area contributed by atoms with Crippen LogP contribution in [0.1, 0.15) is 5.56 Å². The molecular formula is C11H9Pd. The van der Waals surface area contributed by atoms with Crippen molar-refractivity contribution in [3.63, 3.8) is 0 Å². The predicted molar refractivity (Wildman–Crippen MR) is 48.3 cm³/mol. The van der Waals surface area contributed by atoms with E-state index in [0.717, 1.165) is 0 Å². The third kappa shape index (κ3) is 1.20. The third-order valence-electron chi connectivity index (χ3n) is 2.10. The molecule has 0 aliphatic carbocycles. The Bertz CT molecular complexity index is 418. The van der Waals surface area contributed by atoms with Crippen LogP contribution in [0.4, 0.5) is 0 Å². The van der Waals surface area contributed by atoms with Crippen molar-refractivity contribution >= 4 is 14.8 Å². The van der Waals surface area contributed by atoms with Gasteiger partial charge in [-0.05, 0) is 0 Å². The normalized spacial score (nSPS) is 10.6. The fourth-order valence-corrected chi connectivity index (χ4v) is 1.73. The van der Waals surface area contributed by atoms with Gasteiger partial charge >= 0.3 is 82.9 Å². The summed E-state index contributed by atoms with van der Waals surface area (Å²) in [6, 6.07) is 12.7. The zero-order valence-corrected chi connectivity index (χ0v) is 8.33. The zero-order chi connectivity index (χ0) is 8.55. The maximum absolute atomic E-state index is 3.24. The predicted octanol–water partition coefficient (Wildman–Crippen LogP) is 2.32. The summed E-state index contributed by atoms with van der Waals surface area (Å²) in [5, 5.41) is 2.65. The number of benzene rings is 2. The van der Waals surface area contributed by atoms with Gasteiger partial charge in [-0.1, -0.05) is 0 Å². The zero-order valence-electron chi connectivity index (χ0n) is 6.78. The van der Waals surface area contributed by atoms with Gasteiger partial charge in [0.25, 0.3) is 0 Å². The molecule has 0 nitrogen and oxygen atoms in total. The van der Waals surface area contributed by atoms with Crippen LogP contribution < -0.4 is 4.04 Å². The van der Waals surface area contributed by atoms with Crippen LogP contribution in [0.5, 0.6) is 0 Å². The molecular weight excluding hydrogens is 239 g/mol. The van der Waals surface area contributed by atoms with Crippen molar-refractivity contribution in [2.24, 2.45) is 0 Å². The second kappa shape index (κ2) is 3.01. The molecule has 1 heteroatoms. The molecule has 0 aromatic heterocycles. The van der Waals surface area contributed by atoms with E-state index < -0.39 is 0 Å². The van der Waals surface area contributed by atoms with Crippen LogP contribution >= 0.6 is 0 Å². The van der Waals surface area contributed by atoms with E-state index in [0.29, 0.717) is 0 Å². The number of aryl methyl sites for hydroxylation is 1. The van der Waals surface area contributed by atoms with E-state index in [2.05, 4.69) is 62.5 Å². The standard InChI is InChI=1S/C11H9.Pd/c1-9-5-4-7-10-6-2-3-8-11(9)10;/h2-4,6-8H,1H3;. The molecule has 0 bridgehead atoms. The quantitative estimate of drug-likeness (QED) is 0.627. The molecule has 0 spiro atoms. The number of hydrogen-bond acceptors (Lipinski definition) is 0. The molecule has 0 aliphatic heterocycles. The summed E-state index contributed by atoms with van der Waals surface area (Å²) in [5.41, 5.74) is 1.33.